The van der Waals surface area contributed by atoms with Gasteiger partial charge in [0.2, 0.25) is 0 Å². The molecule has 0 aliphatic heterocycles. The minimum atomic E-state index is -3.97. The Kier molecular flexibility index (Phi) is 7.72. The lowest BCUT2D eigenvalue weighted by Crippen LogP contribution is -2.33. The molecule has 0 spiro atoms. The summed E-state index contributed by atoms with van der Waals surface area (Å²) in [5.74, 6) is -4.63. The maximum atomic E-state index is 14.8. The molecule has 8 heteroatoms. The van der Waals surface area contributed by atoms with Gasteiger partial charge < -0.3 is 4.74 Å². The van der Waals surface area contributed by atoms with Gasteiger partial charge in [0, 0.05) is 18.1 Å². The van der Waals surface area contributed by atoms with E-state index in [-0.39, 0.29) is 24.3 Å². The minimum Gasteiger partial charge on any atom is -0.429 e. The normalized spacial score (nSPS) is 23.5. The predicted octanol–water partition coefficient (Wildman–Crippen LogP) is 7.49. The quantitative estimate of drug-likeness (QED) is 0.312. The van der Waals surface area contributed by atoms with E-state index in [2.05, 4.69) is 4.74 Å². The highest BCUT2D eigenvalue weighted by atomic mass is 19.3. The van der Waals surface area contributed by atoms with Crippen LogP contribution in [0.2, 0.25) is 0 Å². The van der Waals surface area contributed by atoms with Gasteiger partial charge in [-0.25, -0.2) is 17.6 Å². The fourth-order valence-corrected chi connectivity index (χ4v) is 4.14. The van der Waals surface area contributed by atoms with E-state index in [1.165, 1.54) is 18.2 Å². The van der Waals surface area contributed by atoms with Gasteiger partial charge in [0.25, 0.3) is 0 Å². The van der Waals surface area contributed by atoms with Crippen molar-refractivity contribution in [2.45, 2.75) is 57.0 Å². The van der Waals surface area contributed by atoms with Crippen LogP contribution in [-0.2, 0) is 6.11 Å². The van der Waals surface area contributed by atoms with Crippen LogP contribution < -0.4 is 4.74 Å². The zero-order valence-corrected chi connectivity index (χ0v) is 17.9. The number of halogens is 6. The smallest absolute Gasteiger partial charge is 0.426 e. The Balaban J connectivity index is 1.73. The van der Waals surface area contributed by atoms with E-state index in [1.54, 1.807) is 0 Å². The topological polar surface area (TPSA) is 33.0 Å². The van der Waals surface area contributed by atoms with Gasteiger partial charge in [0.05, 0.1) is 5.56 Å². The number of benzene rings is 2. The number of hydrogen-bond donors (Lipinski definition) is 0. The number of allylic oxidation sites excluding steroid dienone is 2. The molecule has 0 bridgehead atoms. The highest BCUT2D eigenvalue weighted by Crippen LogP contribution is 2.42. The number of ether oxygens (including phenoxy) is 1. The molecule has 2 unspecified atom stereocenters. The summed E-state index contributed by atoms with van der Waals surface area (Å²) < 4.78 is 90.4. The summed E-state index contributed by atoms with van der Waals surface area (Å²) in [4.78, 5) is 0. The lowest BCUT2D eigenvalue weighted by molar-refractivity contribution is -0.185. The van der Waals surface area contributed by atoms with Crippen molar-refractivity contribution in [3.63, 3.8) is 0 Å². The van der Waals surface area contributed by atoms with Crippen molar-refractivity contribution in [3.05, 3.63) is 76.9 Å². The number of hydrogen-bond acceptors (Lipinski definition) is 2. The zero-order chi connectivity index (χ0) is 24.2. The van der Waals surface area contributed by atoms with Gasteiger partial charge in [0.15, 0.2) is 0 Å². The summed E-state index contributed by atoms with van der Waals surface area (Å²) in [7, 11) is 0. The van der Waals surface area contributed by atoms with Crippen molar-refractivity contribution in [2.75, 3.05) is 0 Å². The second-order valence-electron chi connectivity index (χ2n) is 8.13. The molecule has 33 heavy (non-hydrogen) atoms. The van der Waals surface area contributed by atoms with Crippen molar-refractivity contribution < 1.29 is 31.1 Å². The molecule has 1 saturated carbocycles. The average Bonchev–Trinajstić information content (AvgIpc) is 2.73. The van der Waals surface area contributed by atoms with E-state index < -0.39 is 52.9 Å². The summed E-state index contributed by atoms with van der Waals surface area (Å²) in [5, 5.41) is 8.66. The maximum Gasteiger partial charge on any atom is 0.426 e. The lowest BCUT2D eigenvalue weighted by Gasteiger charge is -2.34. The molecule has 0 heterocycles. The molecule has 1 fully saturated rings. The van der Waals surface area contributed by atoms with Gasteiger partial charge in [-0.05, 0) is 49.3 Å². The molecule has 2 atom stereocenters. The molecule has 2 aromatic carbocycles. The van der Waals surface area contributed by atoms with Crippen LogP contribution in [0.15, 0.2) is 48.6 Å². The van der Waals surface area contributed by atoms with Crippen LogP contribution in [0, 0.1) is 28.9 Å². The largest absolute Gasteiger partial charge is 0.429 e. The van der Waals surface area contributed by atoms with Crippen LogP contribution >= 0.6 is 0 Å². The first kappa shape index (κ1) is 24.7. The van der Waals surface area contributed by atoms with Gasteiger partial charge >= 0.3 is 6.11 Å². The highest BCUT2D eigenvalue weighted by Gasteiger charge is 2.40. The third-order valence-corrected chi connectivity index (χ3v) is 5.77. The van der Waals surface area contributed by atoms with Crippen molar-refractivity contribution in [1.82, 2.24) is 0 Å². The van der Waals surface area contributed by atoms with E-state index in [0.717, 1.165) is 18.6 Å². The Bertz CT molecular complexity index is 995. The molecular weight excluding hydrogens is 444 g/mol. The Morgan fingerprint density at radius 1 is 1.03 bits per heavy atom. The molecule has 0 N–H and O–H groups in total. The second kappa shape index (κ2) is 10.3. The van der Waals surface area contributed by atoms with E-state index in [1.807, 2.05) is 19.1 Å². The first-order valence-electron chi connectivity index (χ1n) is 10.7. The Morgan fingerprint density at radius 2 is 1.61 bits per heavy atom. The molecule has 2 nitrogen and oxygen atoms in total. The fourth-order valence-electron chi connectivity index (χ4n) is 4.14. The zero-order valence-electron chi connectivity index (χ0n) is 17.9. The maximum absolute atomic E-state index is 14.8. The first-order valence-corrected chi connectivity index (χ1v) is 10.7. The SMILES string of the molecule is CC/C=C\CC1CC(F)C(c2ccc(C(F)(F)Oc3cc(F)c(C#N)c(F)c3)cc2)C(F)C1. The molecule has 1 aliphatic rings. The Morgan fingerprint density at radius 3 is 2.12 bits per heavy atom. The van der Waals surface area contributed by atoms with Gasteiger partial charge in [-0.3, -0.25) is 0 Å². The van der Waals surface area contributed by atoms with E-state index >= 15 is 0 Å². The van der Waals surface area contributed by atoms with E-state index in [0.29, 0.717) is 18.6 Å². The molecular formula is C25H23F6NO. The summed E-state index contributed by atoms with van der Waals surface area (Å²) in [5.41, 5.74) is -1.30. The minimum absolute atomic E-state index is 0.112. The van der Waals surface area contributed by atoms with Crippen molar-refractivity contribution in [3.8, 4) is 11.8 Å². The summed E-state index contributed by atoms with van der Waals surface area (Å²) in [6, 6.07) is 6.64. The third kappa shape index (κ3) is 5.70. The first-order chi connectivity index (χ1) is 15.7. The molecule has 0 radical (unpaired) electrons. The molecule has 3 rings (SSSR count). The summed E-state index contributed by atoms with van der Waals surface area (Å²) in [6.07, 6.45) is -1.16. The average molecular weight is 467 g/mol. The van der Waals surface area contributed by atoms with Crippen LogP contribution in [0.25, 0.3) is 0 Å². The van der Waals surface area contributed by atoms with Gasteiger partial charge in [-0.15, -0.1) is 0 Å². The van der Waals surface area contributed by atoms with Crippen LogP contribution in [0.3, 0.4) is 0 Å². The predicted molar refractivity (Wildman–Crippen MR) is 111 cm³/mol. The van der Waals surface area contributed by atoms with Crippen molar-refractivity contribution in [2.24, 2.45) is 5.92 Å². The van der Waals surface area contributed by atoms with Gasteiger partial charge in [-0.2, -0.15) is 14.0 Å². The second-order valence-corrected chi connectivity index (χ2v) is 8.13. The summed E-state index contributed by atoms with van der Waals surface area (Å²) in [6.45, 7) is 1.97. The number of alkyl halides is 4. The third-order valence-electron chi connectivity index (χ3n) is 5.77. The monoisotopic (exact) mass is 467 g/mol. The van der Waals surface area contributed by atoms with Crippen LogP contribution in [0.5, 0.6) is 5.75 Å². The number of rotatable bonds is 7. The van der Waals surface area contributed by atoms with Crippen molar-refractivity contribution >= 4 is 0 Å². The summed E-state index contributed by atoms with van der Waals surface area (Å²) >= 11 is 0. The number of nitriles is 1. The highest BCUT2D eigenvalue weighted by molar-refractivity contribution is 5.38. The molecule has 0 amide bonds. The molecule has 176 valence electrons. The molecule has 0 aromatic heterocycles. The molecule has 1 aliphatic carbocycles. The lowest BCUT2D eigenvalue weighted by atomic mass is 9.75. The standard InChI is InChI=1S/C25H23F6NO/c1-2-3-4-5-15-10-22(28)24(23(29)11-15)16-6-8-17(9-7-16)25(30,31)33-18-12-20(26)19(14-32)21(27)13-18/h3-4,6-9,12-13,15,22-24H,2,5,10-11H2,1H3/b4-3-. The Hall–Kier alpha value is -2.95. The van der Waals surface area contributed by atoms with Crippen LogP contribution in [-0.4, -0.2) is 12.3 Å². The van der Waals surface area contributed by atoms with Crippen molar-refractivity contribution in [1.29, 1.82) is 5.26 Å². The molecule has 0 saturated heterocycles. The van der Waals surface area contributed by atoms with Crippen LogP contribution in [0.1, 0.15) is 55.2 Å². The fraction of sp³-hybridized carbons (Fsp3) is 0.400. The van der Waals surface area contributed by atoms with E-state index in [9.17, 15) is 26.3 Å². The van der Waals surface area contributed by atoms with Gasteiger partial charge in [-0.1, -0.05) is 31.2 Å². The number of nitrogens with zero attached hydrogens (tertiary/aromatic N) is 1. The van der Waals surface area contributed by atoms with Gasteiger partial charge in [0.1, 0.15) is 41.4 Å². The Labute approximate surface area is 188 Å². The van der Waals surface area contributed by atoms with E-state index in [4.69, 9.17) is 5.26 Å². The molecule has 2 aromatic rings. The van der Waals surface area contributed by atoms with Crippen LogP contribution in [0.4, 0.5) is 26.3 Å².